The third kappa shape index (κ3) is 3.99. The normalized spacial score (nSPS) is 14.6. The first kappa shape index (κ1) is 21.0. The Morgan fingerprint density at radius 3 is 2.09 bits per heavy atom. The fourth-order valence-electron chi connectivity index (χ4n) is 4.77. The summed E-state index contributed by atoms with van der Waals surface area (Å²) < 4.78 is 42.0. The first-order chi connectivity index (χ1) is 15.6. The van der Waals surface area contributed by atoms with Crippen molar-refractivity contribution in [3.05, 3.63) is 76.9 Å². The van der Waals surface area contributed by atoms with Crippen molar-refractivity contribution < 1.29 is 17.9 Å². The van der Waals surface area contributed by atoms with Gasteiger partial charge in [0.2, 0.25) is 5.82 Å². The summed E-state index contributed by atoms with van der Waals surface area (Å²) in [6.45, 7) is 2.17. The van der Waals surface area contributed by atoms with E-state index in [1.54, 1.807) is 18.2 Å². The maximum Gasteiger partial charge on any atom is 0.208 e. The van der Waals surface area contributed by atoms with E-state index in [1.165, 1.54) is 11.1 Å². The number of fused-ring (bicyclic) bond motifs is 3. The standard InChI is InChI=1S/C28H28F2O2/c1-2-5-18-8-10-19(11-9-18)12-13-20-14-15-22-23-16-17-24(31-21-6-3-4-7-21)26(30)28(23)32-27(22)25(20)29/h8-11,14-17,21H,2-7,12-13H2,1H3. The smallest absolute Gasteiger partial charge is 0.208 e. The van der Waals surface area contributed by atoms with Gasteiger partial charge in [0.25, 0.3) is 0 Å². The molecule has 166 valence electrons. The molecule has 1 aliphatic rings. The molecule has 3 aromatic carbocycles. The molecule has 4 heteroatoms. The first-order valence-corrected chi connectivity index (χ1v) is 11.7. The van der Waals surface area contributed by atoms with Crippen LogP contribution in [0.15, 0.2) is 52.9 Å². The van der Waals surface area contributed by atoms with Gasteiger partial charge in [-0.1, -0.05) is 43.7 Å². The average molecular weight is 435 g/mol. The van der Waals surface area contributed by atoms with Crippen molar-refractivity contribution in [1.82, 2.24) is 0 Å². The number of hydrogen-bond donors (Lipinski definition) is 0. The van der Waals surface area contributed by atoms with E-state index in [1.807, 2.05) is 6.07 Å². The predicted molar refractivity (Wildman–Crippen MR) is 124 cm³/mol. The monoisotopic (exact) mass is 434 g/mol. The molecule has 1 saturated carbocycles. The summed E-state index contributed by atoms with van der Waals surface area (Å²) in [6.07, 6.45) is 7.64. The molecule has 0 amide bonds. The van der Waals surface area contributed by atoms with Gasteiger partial charge in [-0.2, -0.15) is 4.39 Å². The molecule has 2 nitrogen and oxygen atoms in total. The van der Waals surface area contributed by atoms with Gasteiger partial charge in [0.05, 0.1) is 6.10 Å². The van der Waals surface area contributed by atoms with Gasteiger partial charge >= 0.3 is 0 Å². The number of benzene rings is 3. The minimum Gasteiger partial charge on any atom is -0.487 e. The van der Waals surface area contributed by atoms with Crippen LogP contribution in [0.2, 0.25) is 0 Å². The third-order valence-corrected chi connectivity index (χ3v) is 6.57. The Balaban J connectivity index is 1.41. The van der Waals surface area contributed by atoms with Gasteiger partial charge < -0.3 is 9.15 Å². The van der Waals surface area contributed by atoms with Crippen molar-refractivity contribution in [1.29, 1.82) is 0 Å². The number of ether oxygens (including phenoxy) is 1. The Morgan fingerprint density at radius 2 is 1.41 bits per heavy atom. The highest BCUT2D eigenvalue weighted by Gasteiger charge is 2.22. The quantitative estimate of drug-likeness (QED) is 0.295. The molecule has 0 bridgehead atoms. The van der Waals surface area contributed by atoms with Crippen molar-refractivity contribution in [2.24, 2.45) is 0 Å². The highest BCUT2D eigenvalue weighted by atomic mass is 19.1. The molecule has 1 aromatic heterocycles. The van der Waals surface area contributed by atoms with Crippen LogP contribution < -0.4 is 4.74 Å². The van der Waals surface area contributed by atoms with Gasteiger partial charge in [0, 0.05) is 10.8 Å². The van der Waals surface area contributed by atoms with Crippen LogP contribution in [0.25, 0.3) is 21.9 Å². The van der Waals surface area contributed by atoms with Gasteiger partial charge in [-0.3, -0.25) is 0 Å². The fourth-order valence-corrected chi connectivity index (χ4v) is 4.77. The Morgan fingerprint density at radius 1 is 0.781 bits per heavy atom. The minimum absolute atomic E-state index is 0.0469. The van der Waals surface area contributed by atoms with E-state index >= 15 is 8.78 Å². The van der Waals surface area contributed by atoms with Crippen molar-refractivity contribution >= 4 is 21.9 Å². The highest BCUT2D eigenvalue weighted by Crippen LogP contribution is 2.37. The number of furan rings is 1. The van der Waals surface area contributed by atoms with E-state index in [4.69, 9.17) is 9.15 Å². The third-order valence-electron chi connectivity index (χ3n) is 6.57. The van der Waals surface area contributed by atoms with Gasteiger partial charge in [-0.25, -0.2) is 4.39 Å². The second-order valence-electron chi connectivity index (χ2n) is 8.86. The molecule has 0 aliphatic heterocycles. The number of hydrogen-bond acceptors (Lipinski definition) is 2. The molecule has 0 N–H and O–H groups in total. The van der Waals surface area contributed by atoms with Crippen LogP contribution in [-0.4, -0.2) is 6.10 Å². The molecule has 0 spiro atoms. The summed E-state index contributed by atoms with van der Waals surface area (Å²) in [5.41, 5.74) is 3.26. The van der Waals surface area contributed by atoms with E-state index in [0.717, 1.165) is 44.9 Å². The second-order valence-corrected chi connectivity index (χ2v) is 8.86. The summed E-state index contributed by atoms with van der Waals surface area (Å²) in [7, 11) is 0. The van der Waals surface area contributed by atoms with Crippen LogP contribution in [0.4, 0.5) is 8.78 Å². The molecule has 0 atom stereocenters. The fraction of sp³-hybridized carbons (Fsp3) is 0.357. The Kier molecular flexibility index (Phi) is 5.86. The molecule has 1 fully saturated rings. The zero-order chi connectivity index (χ0) is 22.1. The number of halogens is 2. The summed E-state index contributed by atoms with van der Waals surface area (Å²) in [6, 6.07) is 15.6. The summed E-state index contributed by atoms with van der Waals surface area (Å²) in [5.74, 6) is -0.756. The molecule has 1 aliphatic carbocycles. The van der Waals surface area contributed by atoms with Crippen molar-refractivity contribution in [2.75, 3.05) is 0 Å². The van der Waals surface area contributed by atoms with E-state index in [0.29, 0.717) is 22.8 Å². The van der Waals surface area contributed by atoms with Gasteiger partial charge in [0.15, 0.2) is 22.7 Å². The zero-order valence-electron chi connectivity index (χ0n) is 18.4. The maximum absolute atomic E-state index is 15.3. The Bertz CT molecular complexity index is 1230. The molecule has 1 heterocycles. The predicted octanol–water partition coefficient (Wildman–Crippen LogP) is 7.92. The van der Waals surface area contributed by atoms with Crippen molar-refractivity contribution in [3.63, 3.8) is 0 Å². The summed E-state index contributed by atoms with van der Waals surface area (Å²) in [5, 5.41) is 1.17. The minimum atomic E-state index is -0.543. The lowest BCUT2D eigenvalue weighted by Crippen LogP contribution is -2.11. The lowest BCUT2D eigenvalue weighted by molar-refractivity contribution is 0.201. The molecule has 0 radical (unpaired) electrons. The van der Waals surface area contributed by atoms with E-state index in [-0.39, 0.29) is 23.0 Å². The SMILES string of the molecule is CCCc1ccc(CCc2ccc3c(oc4c(F)c(OC5CCCC5)ccc43)c2F)cc1. The topological polar surface area (TPSA) is 22.4 Å². The molecular formula is C28H28F2O2. The summed E-state index contributed by atoms with van der Waals surface area (Å²) >= 11 is 0. The first-order valence-electron chi connectivity index (χ1n) is 11.7. The van der Waals surface area contributed by atoms with Crippen LogP contribution in [-0.2, 0) is 19.3 Å². The lowest BCUT2D eigenvalue weighted by atomic mass is 10.0. The van der Waals surface area contributed by atoms with Gasteiger partial charge in [-0.05, 0) is 79.8 Å². The second kappa shape index (κ2) is 8.93. The Labute approximate surface area is 187 Å². The molecule has 32 heavy (non-hydrogen) atoms. The molecule has 0 saturated heterocycles. The van der Waals surface area contributed by atoms with Crippen molar-refractivity contribution in [2.45, 2.75) is 64.4 Å². The molecular weight excluding hydrogens is 406 g/mol. The van der Waals surface area contributed by atoms with Gasteiger partial charge in [-0.15, -0.1) is 0 Å². The summed E-state index contributed by atoms with van der Waals surface area (Å²) in [4.78, 5) is 0. The molecule has 0 unspecified atom stereocenters. The van der Waals surface area contributed by atoms with E-state index in [9.17, 15) is 0 Å². The number of rotatable bonds is 7. The van der Waals surface area contributed by atoms with Crippen LogP contribution >= 0.6 is 0 Å². The highest BCUT2D eigenvalue weighted by molar-refractivity contribution is 6.05. The molecule has 4 aromatic rings. The molecule has 5 rings (SSSR count). The largest absolute Gasteiger partial charge is 0.487 e. The van der Waals surface area contributed by atoms with E-state index in [2.05, 4.69) is 31.2 Å². The maximum atomic E-state index is 15.3. The average Bonchev–Trinajstić information content (AvgIpc) is 3.45. The van der Waals surface area contributed by atoms with E-state index < -0.39 is 11.6 Å². The van der Waals surface area contributed by atoms with Crippen LogP contribution in [0.1, 0.15) is 55.7 Å². The zero-order valence-corrected chi connectivity index (χ0v) is 18.4. The van der Waals surface area contributed by atoms with Crippen LogP contribution in [0, 0.1) is 11.6 Å². The van der Waals surface area contributed by atoms with Crippen LogP contribution in [0.3, 0.4) is 0 Å². The lowest BCUT2D eigenvalue weighted by Gasteiger charge is -2.13. The van der Waals surface area contributed by atoms with Gasteiger partial charge in [0.1, 0.15) is 0 Å². The Hall–Kier alpha value is -2.88. The number of aryl methyl sites for hydroxylation is 3. The van der Waals surface area contributed by atoms with Crippen LogP contribution in [0.5, 0.6) is 5.75 Å². The van der Waals surface area contributed by atoms with Crippen molar-refractivity contribution in [3.8, 4) is 5.75 Å².